The van der Waals surface area contributed by atoms with Crippen LogP contribution in [-0.4, -0.2) is 53.4 Å². The fraction of sp³-hybridized carbons (Fsp3) is 0.458. The van der Waals surface area contributed by atoms with E-state index in [0.29, 0.717) is 24.7 Å². The third kappa shape index (κ3) is 5.83. The molecule has 11 heteroatoms. The maximum absolute atomic E-state index is 13.1. The molecular weight excluding hydrogens is 601 g/mol. The van der Waals surface area contributed by atoms with E-state index in [1.807, 2.05) is 0 Å². The Balaban J connectivity index is 1.46. The predicted molar refractivity (Wildman–Crippen MR) is 146 cm³/mol. The minimum absolute atomic E-state index is 0.198. The van der Waals surface area contributed by atoms with Gasteiger partial charge in [0.15, 0.2) is 0 Å². The molecule has 0 atom stereocenters. The van der Waals surface area contributed by atoms with Crippen LogP contribution in [0.4, 0.5) is 11.4 Å². The summed E-state index contributed by atoms with van der Waals surface area (Å²) in [5, 5.41) is 2.75. The zero-order valence-electron chi connectivity index (χ0n) is 19.8. The SMILES string of the molecule is CN(c1ccc(I)cc1C(=O)Nc1ccc(S(=O)(=O)N2CCC(C3CCC3)CC2)cc1)S(C)(=O)=O. The van der Waals surface area contributed by atoms with Crippen LogP contribution in [0, 0.1) is 15.4 Å². The number of amides is 1. The van der Waals surface area contributed by atoms with E-state index in [-0.39, 0.29) is 16.1 Å². The Hall–Kier alpha value is -1.70. The van der Waals surface area contributed by atoms with Crippen LogP contribution in [0.1, 0.15) is 42.5 Å². The van der Waals surface area contributed by atoms with Crippen molar-refractivity contribution in [2.75, 3.05) is 36.0 Å². The van der Waals surface area contributed by atoms with Crippen molar-refractivity contribution in [3.05, 3.63) is 51.6 Å². The van der Waals surface area contributed by atoms with Gasteiger partial charge in [-0.3, -0.25) is 9.10 Å². The summed E-state index contributed by atoms with van der Waals surface area (Å²) in [6.45, 7) is 1.09. The second-order valence-corrected chi connectivity index (χ2v) is 14.5. The molecule has 2 aromatic rings. The van der Waals surface area contributed by atoms with Crippen LogP contribution in [-0.2, 0) is 20.0 Å². The molecule has 1 heterocycles. The molecule has 2 aliphatic rings. The number of piperidine rings is 1. The van der Waals surface area contributed by atoms with Crippen LogP contribution in [0.2, 0.25) is 0 Å². The average Bonchev–Trinajstić information content (AvgIpc) is 2.77. The van der Waals surface area contributed by atoms with E-state index in [1.165, 1.54) is 38.4 Å². The van der Waals surface area contributed by atoms with E-state index in [9.17, 15) is 21.6 Å². The summed E-state index contributed by atoms with van der Waals surface area (Å²) in [5.41, 5.74) is 0.884. The van der Waals surface area contributed by atoms with Crippen molar-refractivity contribution in [3.63, 3.8) is 0 Å². The molecule has 1 amide bonds. The first-order chi connectivity index (χ1) is 16.5. The van der Waals surface area contributed by atoms with Crippen molar-refractivity contribution in [2.45, 2.75) is 37.0 Å². The molecule has 1 N–H and O–H groups in total. The number of carbonyl (C=O) groups is 1. The maximum atomic E-state index is 13.1. The molecular formula is C24H30IN3O5S2. The molecule has 0 radical (unpaired) electrons. The van der Waals surface area contributed by atoms with Crippen LogP contribution >= 0.6 is 22.6 Å². The molecule has 0 unspecified atom stereocenters. The second kappa shape index (κ2) is 10.3. The molecule has 190 valence electrons. The lowest BCUT2D eigenvalue weighted by atomic mass is 9.72. The zero-order valence-corrected chi connectivity index (χ0v) is 23.6. The number of hydrogen-bond acceptors (Lipinski definition) is 5. The van der Waals surface area contributed by atoms with Crippen LogP contribution in [0.3, 0.4) is 0 Å². The molecule has 1 saturated carbocycles. The van der Waals surface area contributed by atoms with Crippen LogP contribution < -0.4 is 9.62 Å². The minimum Gasteiger partial charge on any atom is -0.322 e. The number of carbonyl (C=O) groups excluding carboxylic acids is 1. The molecule has 1 aliphatic heterocycles. The topological polar surface area (TPSA) is 104 Å². The highest BCUT2D eigenvalue weighted by molar-refractivity contribution is 14.1. The lowest BCUT2D eigenvalue weighted by Gasteiger charge is -2.39. The van der Waals surface area contributed by atoms with Gasteiger partial charge in [0.05, 0.1) is 22.4 Å². The Bertz CT molecular complexity index is 1300. The first kappa shape index (κ1) is 26.4. The van der Waals surface area contributed by atoms with Crippen molar-refractivity contribution in [1.82, 2.24) is 4.31 Å². The third-order valence-electron chi connectivity index (χ3n) is 7.10. The largest absolute Gasteiger partial charge is 0.322 e. The Kier molecular flexibility index (Phi) is 7.79. The van der Waals surface area contributed by atoms with Gasteiger partial charge in [-0.25, -0.2) is 16.8 Å². The summed E-state index contributed by atoms with van der Waals surface area (Å²) >= 11 is 2.06. The number of benzene rings is 2. The number of hydrogen-bond donors (Lipinski definition) is 1. The first-order valence-electron chi connectivity index (χ1n) is 11.6. The number of sulfonamides is 2. The van der Waals surface area contributed by atoms with Crippen molar-refractivity contribution in [3.8, 4) is 0 Å². The van der Waals surface area contributed by atoms with E-state index in [4.69, 9.17) is 0 Å². The number of halogens is 1. The summed E-state index contributed by atoms with van der Waals surface area (Å²) in [7, 11) is -5.76. The fourth-order valence-electron chi connectivity index (χ4n) is 4.70. The highest BCUT2D eigenvalue weighted by Crippen LogP contribution is 2.39. The van der Waals surface area contributed by atoms with Crippen LogP contribution in [0.25, 0.3) is 0 Å². The predicted octanol–water partition coefficient (Wildman–Crippen LogP) is 4.14. The normalized spacial score (nSPS) is 18.1. The van der Waals surface area contributed by atoms with Crippen LogP contribution in [0.5, 0.6) is 0 Å². The van der Waals surface area contributed by atoms with Gasteiger partial charge in [-0.1, -0.05) is 19.3 Å². The molecule has 1 aliphatic carbocycles. The van der Waals surface area contributed by atoms with Gasteiger partial charge in [-0.05, 0) is 89.7 Å². The second-order valence-electron chi connectivity index (χ2n) is 9.30. The maximum Gasteiger partial charge on any atom is 0.257 e. The van der Waals surface area contributed by atoms with Gasteiger partial charge in [0, 0.05) is 29.4 Å². The van der Waals surface area contributed by atoms with E-state index in [2.05, 4.69) is 27.9 Å². The lowest BCUT2D eigenvalue weighted by molar-refractivity contribution is 0.102. The molecule has 4 rings (SSSR count). The molecule has 0 bridgehead atoms. The molecule has 1 saturated heterocycles. The van der Waals surface area contributed by atoms with Crippen LogP contribution in [0.15, 0.2) is 47.4 Å². The smallest absolute Gasteiger partial charge is 0.257 e. The van der Waals surface area contributed by atoms with Crippen molar-refractivity contribution in [2.24, 2.45) is 11.8 Å². The van der Waals surface area contributed by atoms with E-state index in [1.54, 1.807) is 34.6 Å². The number of anilines is 2. The van der Waals surface area contributed by atoms with Gasteiger partial charge in [0.1, 0.15) is 0 Å². The quantitative estimate of drug-likeness (QED) is 0.463. The lowest BCUT2D eigenvalue weighted by Crippen LogP contribution is -2.41. The monoisotopic (exact) mass is 631 g/mol. The summed E-state index contributed by atoms with van der Waals surface area (Å²) in [4.78, 5) is 13.2. The molecule has 2 fully saturated rings. The molecule has 35 heavy (non-hydrogen) atoms. The van der Waals surface area contributed by atoms with Gasteiger partial charge in [-0.2, -0.15) is 4.31 Å². The molecule has 8 nitrogen and oxygen atoms in total. The third-order valence-corrected chi connectivity index (χ3v) is 10.9. The molecule has 2 aromatic carbocycles. The van der Waals surface area contributed by atoms with Crippen molar-refractivity contribution < 1.29 is 21.6 Å². The fourth-order valence-corrected chi connectivity index (χ4v) is 7.18. The summed E-state index contributed by atoms with van der Waals surface area (Å²) in [6, 6.07) is 11.0. The number of nitrogens with one attached hydrogen (secondary N) is 1. The Morgan fingerprint density at radius 2 is 1.57 bits per heavy atom. The Morgan fingerprint density at radius 1 is 0.971 bits per heavy atom. The summed E-state index contributed by atoms with van der Waals surface area (Å²) < 4.78 is 53.7. The van der Waals surface area contributed by atoms with Gasteiger partial charge in [0.2, 0.25) is 20.0 Å². The number of nitrogens with zero attached hydrogens (tertiary/aromatic N) is 2. The van der Waals surface area contributed by atoms with E-state index >= 15 is 0 Å². The van der Waals surface area contributed by atoms with Crippen molar-refractivity contribution >= 4 is 59.9 Å². The highest BCUT2D eigenvalue weighted by atomic mass is 127. The molecule has 0 spiro atoms. The summed E-state index contributed by atoms with van der Waals surface area (Å²) in [6.07, 6.45) is 6.75. The van der Waals surface area contributed by atoms with Gasteiger partial charge < -0.3 is 5.32 Å². The van der Waals surface area contributed by atoms with Gasteiger partial charge in [-0.15, -0.1) is 0 Å². The zero-order chi connectivity index (χ0) is 25.4. The van der Waals surface area contributed by atoms with E-state index < -0.39 is 26.0 Å². The standard InChI is InChI=1S/C24H30IN3O5S2/c1-27(34(2,30)31)23-11-6-19(25)16-22(23)24(29)26-20-7-9-21(10-8-20)35(32,33)28-14-12-18(13-15-28)17-4-3-5-17/h6-11,16-18H,3-5,12-15H2,1-2H3,(H,26,29). The first-order valence-corrected chi connectivity index (χ1v) is 16.0. The van der Waals surface area contributed by atoms with Crippen molar-refractivity contribution in [1.29, 1.82) is 0 Å². The average molecular weight is 632 g/mol. The highest BCUT2D eigenvalue weighted by Gasteiger charge is 2.34. The Morgan fingerprint density at radius 3 is 2.11 bits per heavy atom. The minimum atomic E-state index is -3.59. The molecule has 0 aromatic heterocycles. The van der Waals surface area contributed by atoms with Gasteiger partial charge in [0.25, 0.3) is 5.91 Å². The van der Waals surface area contributed by atoms with E-state index in [0.717, 1.165) is 32.9 Å². The summed E-state index contributed by atoms with van der Waals surface area (Å²) in [5.74, 6) is 0.927. The van der Waals surface area contributed by atoms with Gasteiger partial charge >= 0.3 is 0 Å². The number of rotatable bonds is 7. The Labute approximate surface area is 221 Å².